The van der Waals surface area contributed by atoms with Gasteiger partial charge in [0.1, 0.15) is 0 Å². The molecule has 0 radical (unpaired) electrons. The lowest BCUT2D eigenvalue weighted by Crippen LogP contribution is -2.42. The normalized spacial score (nSPS) is 15.6. The molecule has 0 bridgehead atoms. The van der Waals surface area contributed by atoms with E-state index in [1.54, 1.807) is 14.2 Å². The van der Waals surface area contributed by atoms with Gasteiger partial charge in [-0.1, -0.05) is 42.0 Å². The van der Waals surface area contributed by atoms with Crippen molar-refractivity contribution in [2.45, 2.75) is 32.9 Å². The molecule has 0 saturated heterocycles. The second-order valence-corrected chi connectivity index (χ2v) is 8.64. The molecule has 0 aliphatic carbocycles. The fourth-order valence-electron chi connectivity index (χ4n) is 4.51. The number of carbonyl (C=O) groups is 1. The molecule has 1 atom stereocenters. The van der Waals surface area contributed by atoms with Crippen molar-refractivity contribution < 1.29 is 14.3 Å². The number of rotatable bonds is 7. The Morgan fingerprint density at radius 3 is 2.39 bits per heavy atom. The lowest BCUT2D eigenvalue weighted by molar-refractivity contribution is 0.0925. The van der Waals surface area contributed by atoms with Crippen molar-refractivity contribution >= 4 is 5.91 Å². The van der Waals surface area contributed by atoms with Gasteiger partial charge in [0, 0.05) is 25.2 Å². The first-order valence-corrected chi connectivity index (χ1v) is 11.4. The molecule has 5 nitrogen and oxygen atoms in total. The minimum atomic E-state index is -0.0570. The predicted molar refractivity (Wildman–Crippen MR) is 131 cm³/mol. The zero-order valence-electron chi connectivity index (χ0n) is 19.9. The van der Waals surface area contributed by atoms with Gasteiger partial charge in [-0.2, -0.15) is 0 Å². The lowest BCUT2D eigenvalue weighted by Gasteiger charge is -2.38. The molecule has 1 heterocycles. The van der Waals surface area contributed by atoms with Crippen LogP contribution in [0.15, 0.2) is 60.7 Å². The number of amides is 1. The van der Waals surface area contributed by atoms with Gasteiger partial charge in [-0.05, 0) is 66.8 Å². The highest BCUT2D eigenvalue weighted by Gasteiger charge is 2.30. The summed E-state index contributed by atoms with van der Waals surface area (Å²) in [7, 11) is 3.32. The van der Waals surface area contributed by atoms with Crippen molar-refractivity contribution in [3.8, 4) is 11.5 Å². The highest BCUT2D eigenvalue weighted by atomic mass is 16.5. The van der Waals surface area contributed by atoms with Gasteiger partial charge < -0.3 is 14.8 Å². The Morgan fingerprint density at radius 2 is 1.70 bits per heavy atom. The molecule has 1 amide bonds. The van der Waals surface area contributed by atoms with Gasteiger partial charge in [-0.25, -0.2) is 0 Å². The van der Waals surface area contributed by atoms with Gasteiger partial charge >= 0.3 is 0 Å². The van der Waals surface area contributed by atoms with E-state index in [0.29, 0.717) is 17.9 Å². The first-order chi connectivity index (χ1) is 16.0. The number of benzene rings is 3. The second-order valence-electron chi connectivity index (χ2n) is 8.64. The van der Waals surface area contributed by atoms with E-state index in [4.69, 9.17) is 9.47 Å². The second kappa shape index (κ2) is 10.1. The van der Waals surface area contributed by atoms with Crippen LogP contribution in [0.4, 0.5) is 0 Å². The number of aryl methyl sites for hydroxylation is 2. The smallest absolute Gasteiger partial charge is 0.251 e. The molecule has 0 aromatic heterocycles. The van der Waals surface area contributed by atoms with Crippen LogP contribution in [-0.4, -0.2) is 38.1 Å². The minimum absolute atomic E-state index is 0.0301. The third-order valence-electron chi connectivity index (χ3n) is 6.52. The zero-order valence-corrected chi connectivity index (χ0v) is 19.9. The quantitative estimate of drug-likeness (QED) is 0.566. The van der Waals surface area contributed by atoms with Crippen LogP contribution in [0.3, 0.4) is 0 Å². The zero-order chi connectivity index (χ0) is 23.4. The molecule has 0 saturated carbocycles. The van der Waals surface area contributed by atoms with Crippen LogP contribution in [0.2, 0.25) is 0 Å². The van der Waals surface area contributed by atoms with E-state index in [-0.39, 0.29) is 11.9 Å². The molecule has 1 aliphatic heterocycles. The average Bonchev–Trinajstić information content (AvgIpc) is 2.84. The molecule has 3 aromatic rings. The van der Waals surface area contributed by atoms with Crippen LogP contribution >= 0.6 is 0 Å². The summed E-state index contributed by atoms with van der Waals surface area (Å²) in [4.78, 5) is 15.3. The molecule has 1 N–H and O–H groups in total. The number of methoxy groups -OCH3 is 2. The molecule has 0 fully saturated rings. The number of carbonyl (C=O) groups excluding carboxylic acids is 1. The average molecular weight is 445 g/mol. The lowest BCUT2D eigenvalue weighted by atomic mass is 9.91. The van der Waals surface area contributed by atoms with E-state index in [2.05, 4.69) is 53.5 Å². The Bertz CT molecular complexity index is 1120. The number of fused-ring (bicyclic) bond motifs is 1. The summed E-state index contributed by atoms with van der Waals surface area (Å²) >= 11 is 0. The summed E-state index contributed by atoms with van der Waals surface area (Å²) in [6.45, 7) is 6.41. The van der Waals surface area contributed by atoms with E-state index < -0.39 is 0 Å². The number of ether oxygens (including phenoxy) is 2. The van der Waals surface area contributed by atoms with Gasteiger partial charge in [0.25, 0.3) is 5.91 Å². The molecule has 1 aliphatic rings. The monoisotopic (exact) mass is 444 g/mol. The highest BCUT2D eigenvalue weighted by molar-refractivity contribution is 5.94. The molecule has 3 aromatic carbocycles. The Labute approximate surface area is 196 Å². The molecule has 5 heteroatoms. The van der Waals surface area contributed by atoms with Gasteiger partial charge in [-0.3, -0.25) is 9.69 Å². The third-order valence-corrected chi connectivity index (χ3v) is 6.52. The predicted octanol–water partition coefficient (Wildman–Crippen LogP) is 4.85. The molecule has 4 rings (SSSR count). The first kappa shape index (κ1) is 22.9. The van der Waals surface area contributed by atoms with E-state index in [0.717, 1.165) is 30.8 Å². The largest absolute Gasteiger partial charge is 0.493 e. The van der Waals surface area contributed by atoms with E-state index in [1.807, 2.05) is 31.2 Å². The summed E-state index contributed by atoms with van der Waals surface area (Å²) in [6.07, 6.45) is 0.921. The minimum Gasteiger partial charge on any atom is -0.493 e. The maximum absolute atomic E-state index is 12.9. The van der Waals surface area contributed by atoms with Crippen LogP contribution < -0.4 is 14.8 Å². The van der Waals surface area contributed by atoms with E-state index >= 15 is 0 Å². The van der Waals surface area contributed by atoms with E-state index in [1.165, 1.54) is 22.3 Å². The maximum atomic E-state index is 12.9. The highest BCUT2D eigenvalue weighted by Crippen LogP contribution is 2.38. The summed E-state index contributed by atoms with van der Waals surface area (Å²) in [5, 5.41) is 3.17. The Hall–Kier alpha value is -3.31. The molecule has 0 spiro atoms. The van der Waals surface area contributed by atoms with Crippen molar-refractivity contribution in [3.05, 3.63) is 94.0 Å². The van der Waals surface area contributed by atoms with E-state index in [9.17, 15) is 4.79 Å². The summed E-state index contributed by atoms with van der Waals surface area (Å²) in [5.41, 5.74) is 6.81. The SMILES string of the molecule is COc1cc2c(cc1OC)C(CNC(=O)c1ccc(C)cc1)N(Cc1ccccc1C)CC2. The maximum Gasteiger partial charge on any atom is 0.251 e. The molecule has 172 valence electrons. The summed E-state index contributed by atoms with van der Waals surface area (Å²) < 4.78 is 11.1. The van der Waals surface area contributed by atoms with Crippen molar-refractivity contribution in [3.63, 3.8) is 0 Å². The van der Waals surface area contributed by atoms with Crippen LogP contribution in [0.1, 0.15) is 44.2 Å². The van der Waals surface area contributed by atoms with Crippen LogP contribution in [-0.2, 0) is 13.0 Å². The summed E-state index contributed by atoms with van der Waals surface area (Å²) in [5.74, 6) is 1.40. The molecular weight excluding hydrogens is 412 g/mol. The van der Waals surface area contributed by atoms with Crippen LogP contribution in [0.5, 0.6) is 11.5 Å². The molecule has 1 unspecified atom stereocenters. The molecule has 33 heavy (non-hydrogen) atoms. The van der Waals surface area contributed by atoms with Crippen molar-refractivity contribution in [1.29, 1.82) is 0 Å². The van der Waals surface area contributed by atoms with Crippen LogP contribution in [0, 0.1) is 13.8 Å². The number of nitrogens with zero attached hydrogens (tertiary/aromatic N) is 1. The fourth-order valence-corrected chi connectivity index (χ4v) is 4.51. The number of hydrogen-bond donors (Lipinski definition) is 1. The van der Waals surface area contributed by atoms with Crippen molar-refractivity contribution in [2.75, 3.05) is 27.3 Å². The topological polar surface area (TPSA) is 50.8 Å². The van der Waals surface area contributed by atoms with Crippen molar-refractivity contribution in [1.82, 2.24) is 10.2 Å². The summed E-state index contributed by atoms with van der Waals surface area (Å²) in [6, 6.07) is 20.3. The van der Waals surface area contributed by atoms with Gasteiger partial charge in [0.15, 0.2) is 11.5 Å². The Kier molecular flexibility index (Phi) is 6.99. The van der Waals surface area contributed by atoms with Gasteiger partial charge in [-0.15, -0.1) is 0 Å². The molecular formula is C28H32N2O3. The van der Waals surface area contributed by atoms with Crippen LogP contribution in [0.25, 0.3) is 0 Å². The Balaban J connectivity index is 1.63. The number of hydrogen-bond acceptors (Lipinski definition) is 4. The first-order valence-electron chi connectivity index (χ1n) is 11.4. The van der Waals surface area contributed by atoms with Gasteiger partial charge in [0.05, 0.1) is 20.3 Å². The number of nitrogens with one attached hydrogen (secondary N) is 1. The fraction of sp³-hybridized carbons (Fsp3) is 0.321. The van der Waals surface area contributed by atoms with Gasteiger partial charge in [0.2, 0.25) is 0 Å². The standard InChI is InChI=1S/C28H32N2O3/c1-19-9-11-21(12-10-19)28(31)29-17-25-24-16-27(33-4)26(32-3)15-22(24)13-14-30(25)18-23-8-6-5-7-20(23)2/h5-12,15-16,25H,13-14,17-18H2,1-4H3,(H,29,31). The third kappa shape index (κ3) is 5.04. The Morgan fingerprint density at radius 1 is 1.00 bits per heavy atom. The van der Waals surface area contributed by atoms with Crippen molar-refractivity contribution in [2.24, 2.45) is 0 Å².